The van der Waals surface area contributed by atoms with Crippen molar-refractivity contribution in [2.24, 2.45) is 0 Å². The summed E-state index contributed by atoms with van der Waals surface area (Å²) in [5, 5.41) is 8.25. The summed E-state index contributed by atoms with van der Waals surface area (Å²) in [5.74, 6) is 4.53. The van der Waals surface area contributed by atoms with Gasteiger partial charge in [0.15, 0.2) is 5.65 Å². The van der Waals surface area contributed by atoms with Crippen LogP contribution in [0.25, 0.3) is 38.9 Å². The lowest BCUT2D eigenvalue weighted by Gasteiger charge is -2.10. The van der Waals surface area contributed by atoms with E-state index in [1.165, 1.54) is 6.33 Å². The highest BCUT2D eigenvalue weighted by atomic mass is 32.2. The molecule has 1 aromatic carbocycles. The summed E-state index contributed by atoms with van der Waals surface area (Å²) in [6.45, 7) is 1.91. The third kappa shape index (κ3) is 5.67. The molecule has 0 amide bonds. The number of pyridine rings is 2. The highest BCUT2D eigenvalue weighted by Crippen LogP contribution is 2.35. The summed E-state index contributed by atoms with van der Waals surface area (Å²) in [6, 6.07) is 15.8. The fraction of sp³-hybridized carbons (Fsp3) is 0.200. The van der Waals surface area contributed by atoms with Crippen LogP contribution in [0.4, 0.5) is 11.6 Å². The van der Waals surface area contributed by atoms with Crippen molar-refractivity contribution in [2.45, 2.75) is 13.2 Å². The molecule has 6 aromatic rings. The van der Waals surface area contributed by atoms with Crippen LogP contribution >= 0.6 is 11.8 Å². The molecule has 0 aliphatic carbocycles. The van der Waals surface area contributed by atoms with E-state index < -0.39 is 0 Å². The second-order valence-corrected chi connectivity index (χ2v) is 10.4. The molecule has 0 spiro atoms. The standard InChI is InChI=1S/C30H30N8O2S/c1-32-27-8-4-20-3-5-22(12-25(20)37-27)39-17-19-11-21(14-34-13-19)38-16-24(28-29(31)35-18-36-30(28)38)26-7-6-23(40-26)15-33-9-10-41-2/h3-8,11-14,16,18,33H,9-10,15,17H2,1-2H3,(H,32,37)(H2,31,35,36). The van der Waals surface area contributed by atoms with E-state index >= 15 is 0 Å². The number of benzene rings is 1. The SMILES string of the molecule is CNc1ccc2ccc(OCc3cncc(-n4cc(-c5ccc(CNCCSC)o5)c5c(N)ncnc54)c3)cc2n1. The maximum atomic E-state index is 6.34. The molecule has 208 valence electrons. The number of ether oxygens (including phenoxy) is 1. The van der Waals surface area contributed by atoms with Crippen LogP contribution in [0.5, 0.6) is 5.75 Å². The highest BCUT2D eigenvalue weighted by Gasteiger charge is 2.19. The molecule has 0 saturated carbocycles. The van der Waals surface area contributed by atoms with Crippen LogP contribution in [0.15, 0.2) is 77.9 Å². The van der Waals surface area contributed by atoms with E-state index in [1.54, 1.807) is 24.2 Å². The summed E-state index contributed by atoms with van der Waals surface area (Å²) in [7, 11) is 1.85. The average Bonchev–Trinajstić information content (AvgIpc) is 3.64. The Morgan fingerprint density at radius 3 is 2.85 bits per heavy atom. The summed E-state index contributed by atoms with van der Waals surface area (Å²) in [6.07, 6.45) is 9.11. The molecule has 0 fully saturated rings. The predicted molar refractivity (Wildman–Crippen MR) is 164 cm³/mol. The van der Waals surface area contributed by atoms with E-state index in [4.69, 9.17) is 14.9 Å². The fourth-order valence-electron chi connectivity index (χ4n) is 4.65. The Morgan fingerprint density at radius 1 is 1.07 bits per heavy atom. The van der Waals surface area contributed by atoms with Crippen LogP contribution < -0.4 is 21.1 Å². The maximum Gasteiger partial charge on any atom is 0.150 e. The summed E-state index contributed by atoms with van der Waals surface area (Å²) < 4.78 is 14.3. The van der Waals surface area contributed by atoms with Crippen LogP contribution in [0, 0.1) is 0 Å². The number of nitrogens with two attached hydrogens (primary N) is 1. The number of nitrogens with zero attached hydrogens (tertiary/aromatic N) is 5. The normalized spacial score (nSPS) is 11.4. The molecule has 5 heterocycles. The van der Waals surface area contributed by atoms with Gasteiger partial charge in [-0.15, -0.1) is 0 Å². The minimum atomic E-state index is 0.340. The molecule has 6 rings (SSSR count). The van der Waals surface area contributed by atoms with E-state index in [-0.39, 0.29) is 0 Å². The van der Waals surface area contributed by atoms with Crippen LogP contribution in [0.2, 0.25) is 0 Å². The fourth-order valence-corrected chi connectivity index (χ4v) is 5.00. The number of aromatic nitrogens is 5. The topological polar surface area (TPSA) is 129 Å². The number of fused-ring (bicyclic) bond motifs is 2. The van der Waals surface area contributed by atoms with Gasteiger partial charge in [-0.1, -0.05) is 0 Å². The van der Waals surface area contributed by atoms with Crippen LogP contribution in [-0.4, -0.2) is 50.1 Å². The second-order valence-electron chi connectivity index (χ2n) is 9.45. The van der Waals surface area contributed by atoms with E-state index in [0.717, 1.165) is 62.7 Å². The van der Waals surface area contributed by atoms with Crippen LogP contribution in [0.1, 0.15) is 11.3 Å². The van der Waals surface area contributed by atoms with E-state index in [1.807, 2.05) is 66.3 Å². The molecule has 0 aliphatic heterocycles. The molecular weight excluding hydrogens is 536 g/mol. The van der Waals surface area contributed by atoms with E-state index in [2.05, 4.69) is 36.8 Å². The van der Waals surface area contributed by atoms with Gasteiger partial charge in [0.2, 0.25) is 0 Å². The van der Waals surface area contributed by atoms with Gasteiger partial charge in [0, 0.05) is 54.3 Å². The third-order valence-electron chi connectivity index (χ3n) is 6.71. The van der Waals surface area contributed by atoms with Crippen molar-refractivity contribution in [3.63, 3.8) is 0 Å². The summed E-state index contributed by atoms with van der Waals surface area (Å²) in [4.78, 5) is 17.9. The van der Waals surface area contributed by atoms with Crippen molar-refractivity contribution >= 4 is 45.3 Å². The zero-order chi connectivity index (χ0) is 28.2. The van der Waals surface area contributed by atoms with Crippen LogP contribution in [0.3, 0.4) is 0 Å². The van der Waals surface area contributed by atoms with E-state index in [9.17, 15) is 0 Å². The Morgan fingerprint density at radius 2 is 1.98 bits per heavy atom. The average molecular weight is 567 g/mol. The first-order valence-electron chi connectivity index (χ1n) is 13.2. The maximum absolute atomic E-state index is 6.34. The Labute approximate surface area is 241 Å². The zero-order valence-electron chi connectivity index (χ0n) is 22.8. The predicted octanol–water partition coefficient (Wildman–Crippen LogP) is 5.28. The monoisotopic (exact) mass is 566 g/mol. The lowest BCUT2D eigenvalue weighted by Crippen LogP contribution is -2.15. The molecule has 10 nitrogen and oxygen atoms in total. The number of nitrogens with one attached hydrogen (secondary N) is 2. The molecular formula is C30H30N8O2S. The highest BCUT2D eigenvalue weighted by molar-refractivity contribution is 7.98. The Balaban J connectivity index is 1.26. The van der Waals surface area contributed by atoms with Gasteiger partial charge in [-0.2, -0.15) is 11.8 Å². The smallest absolute Gasteiger partial charge is 0.150 e. The molecule has 5 aromatic heterocycles. The van der Waals surface area contributed by atoms with Gasteiger partial charge in [0.25, 0.3) is 0 Å². The van der Waals surface area contributed by atoms with Crippen molar-refractivity contribution < 1.29 is 9.15 Å². The summed E-state index contributed by atoms with van der Waals surface area (Å²) >= 11 is 1.81. The van der Waals surface area contributed by atoms with Gasteiger partial charge in [-0.05, 0) is 48.7 Å². The third-order valence-corrected chi connectivity index (χ3v) is 7.32. The number of rotatable bonds is 11. The second kappa shape index (κ2) is 11.9. The van der Waals surface area contributed by atoms with Crippen LogP contribution in [-0.2, 0) is 13.2 Å². The molecule has 11 heteroatoms. The molecule has 0 unspecified atom stereocenters. The molecule has 0 saturated heterocycles. The summed E-state index contributed by atoms with van der Waals surface area (Å²) in [5.41, 5.74) is 10.4. The largest absolute Gasteiger partial charge is 0.489 e. The Bertz CT molecular complexity index is 1820. The number of hydrogen-bond acceptors (Lipinski definition) is 10. The quantitative estimate of drug-likeness (QED) is 0.178. The molecule has 41 heavy (non-hydrogen) atoms. The van der Waals surface area contributed by atoms with Crippen molar-refractivity contribution in [1.82, 2.24) is 29.8 Å². The number of nitrogen functional groups attached to an aromatic ring is 1. The Hall–Kier alpha value is -4.61. The van der Waals surface area contributed by atoms with Gasteiger partial charge < -0.3 is 25.5 Å². The lowest BCUT2D eigenvalue weighted by molar-refractivity contribution is 0.306. The molecule has 0 atom stereocenters. The first kappa shape index (κ1) is 26.6. The Kier molecular flexibility index (Phi) is 7.70. The minimum absolute atomic E-state index is 0.340. The van der Waals surface area contributed by atoms with Crippen molar-refractivity contribution in [3.8, 4) is 22.8 Å². The molecule has 0 aliphatic rings. The number of furan rings is 1. The van der Waals surface area contributed by atoms with Crippen molar-refractivity contribution in [2.75, 3.05) is 36.7 Å². The lowest BCUT2D eigenvalue weighted by atomic mass is 10.2. The van der Waals surface area contributed by atoms with Gasteiger partial charge in [0.05, 0.1) is 29.3 Å². The zero-order valence-corrected chi connectivity index (χ0v) is 23.6. The van der Waals surface area contributed by atoms with Crippen molar-refractivity contribution in [3.05, 3.63) is 84.8 Å². The first-order valence-corrected chi connectivity index (χ1v) is 14.6. The van der Waals surface area contributed by atoms with Gasteiger partial charge in [-0.3, -0.25) is 9.55 Å². The van der Waals surface area contributed by atoms with Crippen molar-refractivity contribution in [1.29, 1.82) is 0 Å². The van der Waals surface area contributed by atoms with Gasteiger partial charge in [-0.25, -0.2) is 15.0 Å². The molecule has 4 N–H and O–H groups in total. The molecule has 0 radical (unpaired) electrons. The number of thioether (sulfide) groups is 1. The van der Waals surface area contributed by atoms with Gasteiger partial charge >= 0.3 is 0 Å². The number of hydrogen-bond donors (Lipinski definition) is 3. The first-order chi connectivity index (χ1) is 20.1. The molecule has 0 bridgehead atoms. The minimum Gasteiger partial charge on any atom is -0.489 e. The number of anilines is 2. The van der Waals surface area contributed by atoms with Gasteiger partial charge in [0.1, 0.15) is 41.8 Å². The van der Waals surface area contributed by atoms with E-state index in [0.29, 0.717) is 30.4 Å².